The van der Waals surface area contributed by atoms with Crippen molar-refractivity contribution < 1.29 is 14.6 Å². The van der Waals surface area contributed by atoms with Crippen LogP contribution in [0.15, 0.2) is 97.1 Å². The first-order valence-corrected chi connectivity index (χ1v) is 10.4. The fourth-order valence-electron chi connectivity index (χ4n) is 3.73. The van der Waals surface area contributed by atoms with Crippen LogP contribution in [0.4, 0.5) is 0 Å². The van der Waals surface area contributed by atoms with Gasteiger partial charge in [0.1, 0.15) is 11.5 Å². The lowest BCUT2D eigenvalue weighted by Gasteiger charge is -2.22. The molecule has 0 spiro atoms. The van der Waals surface area contributed by atoms with Crippen molar-refractivity contribution in [3.05, 3.63) is 108 Å². The predicted octanol–water partition coefficient (Wildman–Crippen LogP) is 5.61. The van der Waals surface area contributed by atoms with E-state index in [2.05, 4.69) is 5.32 Å². The molecule has 4 nitrogen and oxygen atoms in total. The maximum Gasteiger partial charge on any atom is 0.220 e. The third-order valence-corrected chi connectivity index (χ3v) is 5.23. The molecule has 156 valence electrons. The van der Waals surface area contributed by atoms with Crippen molar-refractivity contribution in [1.29, 1.82) is 0 Å². The van der Waals surface area contributed by atoms with Gasteiger partial charge in [-0.3, -0.25) is 4.79 Å². The largest absolute Gasteiger partial charge is 0.508 e. The third kappa shape index (κ3) is 5.04. The lowest BCUT2D eigenvalue weighted by atomic mass is 9.92. The van der Waals surface area contributed by atoms with Gasteiger partial charge in [-0.1, -0.05) is 78.9 Å². The Kier molecular flexibility index (Phi) is 6.48. The molecular weight excluding hydrogens is 386 g/mol. The highest BCUT2D eigenvalue weighted by atomic mass is 16.5. The molecule has 0 saturated heterocycles. The van der Waals surface area contributed by atoms with Crippen LogP contribution in [0.3, 0.4) is 0 Å². The summed E-state index contributed by atoms with van der Waals surface area (Å²) in [5.41, 5.74) is 1.63. The Morgan fingerprint density at radius 2 is 1.52 bits per heavy atom. The van der Waals surface area contributed by atoms with Crippen molar-refractivity contribution in [3.63, 3.8) is 0 Å². The zero-order valence-corrected chi connectivity index (χ0v) is 17.2. The smallest absolute Gasteiger partial charge is 0.220 e. The Labute approximate surface area is 182 Å². The molecular formula is C27H25NO3. The molecule has 0 fully saturated rings. The standard InChI is InChI=1S/C27H25NO3/c29-24-18-17-20-10-7-8-15-23(20)26(24)27(21-11-3-1-4-12-21)28-25(30)16-9-19-31-22-13-5-2-6-14-22/h1-8,10-15,17-18,27,29H,9,16,19H2,(H,28,30). The second kappa shape index (κ2) is 9.81. The molecule has 0 radical (unpaired) electrons. The van der Waals surface area contributed by atoms with Gasteiger partial charge < -0.3 is 15.2 Å². The van der Waals surface area contributed by atoms with Gasteiger partial charge in [-0.05, 0) is 41.0 Å². The quantitative estimate of drug-likeness (QED) is 0.371. The van der Waals surface area contributed by atoms with Crippen LogP contribution in [-0.4, -0.2) is 17.6 Å². The number of fused-ring (bicyclic) bond motifs is 1. The van der Waals surface area contributed by atoms with E-state index < -0.39 is 6.04 Å². The molecule has 4 aromatic rings. The molecule has 4 aromatic carbocycles. The van der Waals surface area contributed by atoms with Crippen LogP contribution >= 0.6 is 0 Å². The number of hydrogen-bond acceptors (Lipinski definition) is 3. The average Bonchev–Trinajstić information content (AvgIpc) is 2.82. The number of phenols is 1. The summed E-state index contributed by atoms with van der Waals surface area (Å²) in [4.78, 5) is 12.8. The second-order valence-corrected chi connectivity index (χ2v) is 7.40. The summed E-state index contributed by atoms with van der Waals surface area (Å²) in [6, 6.07) is 30.3. The van der Waals surface area contributed by atoms with E-state index in [4.69, 9.17) is 4.74 Å². The van der Waals surface area contributed by atoms with Gasteiger partial charge in [0.25, 0.3) is 0 Å². The van der Waals surface area contributed by atoms with Gasteiger partial charge in [0.2, 0.25) is 5.91 Å². The summed E-state index contributed by atoms with van der Waals surface area (Å²) >= 11 is 0. The van der Waals surface area contributed by atoms with E-state index in [-0.39, 0.29) is 11.7 Å². The molecule has 0 bridgehead atoms. The monoisotopic (exact) mass is 411 g/mol. The Morgan fingerprint density at radius 1 is 0.839 bits per heavy atom. The van der Waals surface area contributed by atoms with Gasteiger partial charge in [-0.25, -0.2) is 0 Å². The Bertz CT molecular complexity index is 1140. The van der Waals surface area contributed by atoms with E-state index in [1.54, 1.807) is 6.07 Å². The Morgan fingerprint density at radius 3 is 2.29 bits per heavy atom. The maximum atomic E-state index is 12.8. The number of aromatic hydroxyl groups is 1. The first kappa shape index (κ1) is 20.5. The van der Waals surface area contributed by atoms with Crippen LogP contribution in [0.5, 0.6) is 11.5 Å². The summed E-state index contributed by atoms with van der Waals surface area (Å²) in [5.74, 6) is 0.879. The molecule has 0 aliphatic rings. The van der Waals surface area contributed by atoms with E-state index in [0.717, 1.165) is 22.1 Å². The summed E-state index contributed by atoms with van der Waals surface area (Å²) in [6.45, 7) is 0.465. The van der Waals surface area contributed by atoms with Crippen molar-refractivity contribution in [3.8, 4) is 11.5 Å². The predicted molar refractivity (Wildman–Crippen MR) is 123 cm³/mol. The topological polar surface area (TPSA) is 58.6 Å². The average molecular weight is 412 g/mol. The molecule has 0 aliphatic carbocycles. The van der Waals surface area contributed by atoms with Gasteiger partial charge in [0.15, 0.2) is 0 Å². The number of carbonyl (C=O) groups is 1. The molecule has 4 rings (SSSR count). The van der Waals surface area contributed by atoms with Crippen LogP contribution in [0.2, 0.25) is 0 Å². The lowest BCUT2D eigenvalue weighted by molar-refractivity contribution is -0.121. The maximum absolute atomic E-state index is 12.8. The number of amides is 1. The van der Waals surface area contributed by atoms with Crippen LogP contribution < -0.4 is 10.1 Å². The molecule has 0 aliphatic heterocycles. The third-order valence-electron chi connectivity index (χ3n) is 5.23. The van der Waals surface area contributed by atoms with Gasteiger partial charge in [-0.2, -0.15) is 0 Å². The minimum Gasteiger partial charge on any atom is -0.508 e. The highest BCUT2D eigenvalue weighted by Crippen LogP contribution is 2.35. The highest BCUT2D eigenvalue weighted by Gasteiger charge is 2.22. The fraction of sp³-hybridized carbons (Fsp3) is 0.148. The van der Waals surface area contributed by atoms with Crippen molar-refractivity contribution in [2.75, 3.05) is 6.61 Å². The van der Waals surface area contributed by atoms with E-state index in [1.165, 1.54) is 0 Å². The zero-order chi connectivity index (χ0) is 21.5. The molecule has 0 saturated carbocycles. The van der Waals surface area contributed by atoms with Crippen LogP contribution in [0.1, 0.15) is 30.0 Å². The highest BCUT2D eigenvalue weighted by molar-refractivity contribution is 5.89. The number of ether oxygens (including phenoxy) is 1. The molecule has 0 heterocycles. The Balaban J connectivity index is 1.52. The van der Waals surface area contributed by atoms with Crippen LogP contribution in [-0.2, 0) is 4.79 Å². The first-order chi connectivity index (χ1) is 15.2. The minimum atomic E-state index is -0.449. The SMILES string of the molecule is O=C(CCCOc1ccccc1)NC(c1ccccc1)c1c(O)ccc2ccccc12. The summed E-state index contributed by atoms with van der Waals surface area (Å²) < 4.78 is 5.69. The number of carbonyl (C=O) groups excluding carboxylic acids is 1. The van der Waals surface area contributed by atoms with Gasteiger partial charge in [0, 0.05) is 12.0 Å². The van der Waals surface area contributed by atoms with Crippen molar-refractivity contribution in [2.45, 2.75) is 18.9 Å². The van der Waals surface area contributed by atoms with Crippen molar-refractivity contribution in [1.82, 2.24) is 5.32 Å². The van der Waals surface area contributed by atoms with E-state index in [9.17, 15) is 9.90 Å². The molecule has 1 amide bonds. The molecule has 1 atom stereocenters. The number of para-hydroxylation sites is 1. The lowest BCUT2D eigenvalue weighted by Crippen LogP contribution is -2.29. The molecule has 2 N–H and O–H groups in total. The first-order valence-electron chi connectivity index (χ1n) is 10.4. The van der Waals surface area contributed by atoms with E-state index in [1.807, 2.05) is 91.0 Å². The second-order valence-electron chi connectivity index (χ2n) is 7.40. The van der Waals surface area contributed by atoms with Gasteiger partial charge >= 0.3 is 0 Å². The molecule has 4 heteroatoms. The molecule has 1 unspecified atom stereocenters. The number of phenolic OH excluding ortho intramolecular Hbond substituents is 1. The summed E-state index contributed by atoms with van der Waals surface area (Å²) in [5, 5.41) is 15.8. The fourth-order valence-corrected chi connectivity index (χ4v) is 3.73. The summed E-state index contributed by atoms with van der Waals surface area (Å²) in [6.07, 6.45) is 0.936. The Hall–Kier alpha value is -3.79. The van der Waals surface area contributed by atoms with Gasteiger partial charge in [-0.15, -0.1) is 0 Å². The number of rotatable bonds is 8. The van der Waals surface area contributed by atoms with Crippen molar-refractivity contribution in [2.24, 2.45) is 0 Å². The number of nitrogens with one attached hydrogen (secondary N) is 1. The summed E-state index contributed by atoms with van der Waals surface area (Å²) in [7, 11) is 0. The number of benzene rings is 4. The van der Waals surface area contributed by atoms with Gasteiger partial charge in [0.05, 0.1) is 12.6 Å². The van der Waals surface area contributed by atoms with Crippen molar-refractivity contribution >= 4 is 16.7 Å². The van der Waals surface area contributed by atoms with E-state index in [0.29, 0.717) is 25.0 Å². The molecule has 31 heavy (non-hydrogen) atoms. The van der Waals surface area contributed by atoms with Crippen LogP contribution in [0.25, 0.3) is 10.8 Å². The normalized spacial score (nSPS) is 11.7. The van der Waals surface area contributed by atoms with Crippen LogP contribution in [0, 0.1) is 0 Å². The zero-order valence-electron chi connectivity index (χ0n) is 17.2. The molecule has 0 aromatic heterocycles. The number of hydrogen-bond donors (Lipinski definition) is 2. The minimum absolute atomic E-state index is 0.0853. The van der Waals surface area contributed by atoms with E-state index >= 15 is 0 Å².